The number of anilines is 1. The molecule has 0 spiro atoms. The van der Waals surface area contributed by atoms with E-state index in [1.165, 1.54) is 24.4 Å². The summed E-state index contributed by atoms with van der Waals surface area (Å²) in [5.74, 6) is -0.00272. The monoisotopic (exact) mass is 487 g/mol. The van der Waals surface area contributed by atoms with E-state index in [-0.39, 0.29) is 33.2 Å². The number of aromatic nitrogens is 2. The molecule has 0 fully saturated rings. The van der Waals surface area contributed by atoms with E-state index >= 15 is 0 Å². The van der Waals surface area contributed by atoms with Crippen molar-refractivity contribution in [1.29, 1.82) is 0 Å². The van der Waals surface area contributed by atoms with Gasteiger partial charge in [0.05, 0.1) is 21.1 Å². The van der Waals surface area contributed by atoms with E-state index < -0.39 is 10.0 Å². The molecule has 0 aliphatic carbocycles. The highest BCUT2D eigenvalue weighted by atomic mass is 79.9. The minimum absolute atomic E-state index is 0.0388. The van der Waals surface area contributed by atoms with Crippen molar-refractivity contribution in [3.05, 3.63) is 74.9 Å². The first-order chi connectivity index (χ1) is 12.8. The Morgan fingerprint density at radius 1 is 1.07 bits per heavy atom. The van der Waals surface area contributed by atoms with Crippen LogP contribution in [0.25, 0.3) is 0 Å². The van der Waals surface area contributed by atoms with Gasteiger partial charge < -0.3 is 4.74 Å². The number of rotatable bonds is 6. The zero-order valence-electron chi connectivity index (χ0n) is 13.6. The average molecular weight is 489 g/mol. The average Bonchev–Trinajstić information content (AvgIpc) is 2.64. The van der Waals surface area contributed by atoms with Crippen LogP contribution < -0.4 is 9.46 Å². The van der Waals surface area contributed by atoms with E-state index in [0.29, 0.717) is 4.60 Å². The van der Waals surface area contributed by atoms with Gasteiger partial charge in [-0.25, -0.2) is 18.4 Å². The molecule has 1 N–H and O–H groups in total. The summed E-state index contributed by atoms with van der Waals surface area (Å²) in [6, 6.07) is 13.4. The van der Waals surface area contributed by atoms with E-state index in [1.54, 1.807) is 0 Å². The van der Waals surface area contributed by atoms with Gasteiger partial charge >= 0.3 is 0 Å². The molecule has 0 saturated heterocycles. The maximum Gasteiger partial charge on any atom is 0.263 e. The third-order valence-electron chi connectivity index (χ3n) is 3.36. The number of nitrogens with one attached hydrogen (secondary N) is 1. The smallest absolute Gasteiger partial charge is 0.263 e. The van der Waals surface area contributed by atoms with Crippen LogP contribution in [-0.4, -0.2) is 18.4 Å². The second kappa shape index (κ2) is 8.43. The Labute approximate surface area is 174 Å². The maximum atomic E-state index is 12.6. The van der Waals surface area contributed by atoms with Gasteiger partial charge in [0.15, 0.2) is 0 Å². The Bertz CT molecular complexity index is 1070. The molecule has 0 aliphatic rings. The first kappa shape index (κ1) is 19.9. The van der Waals surface area contributed by atoms with Crippen molar-refractivity contribution in [2.24, 2.45) is 0 Å². The minimum Gasteiger partial charge on any atom is -0.470 e. The summed E-state index contributed by atoms with van der Waals surface area (Å²) in [4.78, 5) is 8.15. The summed E-state index contributed by atoms with van der Waals surface area (Å²) in [5.41, 5.74) is 0.901. The summed E-state index contributed by atoms with van der Waals surface area (Å²) in [5, 5.41) is 0.382. The number of sulfonamides is 1. The Hall–Kier alpha value is -1.87. The maximum absolute atomic E-state index is 12.6. The third-order valence-corrected chi connectivity index (χ3v) is 5.82. The van der Waals surface area contributed by atoms with Crippen molar-refractivity contribution in [2.45, 2.75) is 11.5 Å². The Kier molecular flexibility index (Phi) is 6.21. The molecule has 0 saturated carbocycles. The molecule has 0 aliphatic heterocycles. The summed E-state index contributed by atoms with van der Waals surface area (Å²) in [6.45, 7) is 0.202. The lowest BCUT2D eigenvalue weighted by Gasteiger charge is -2.12. The fraction of sp³-hybridized carbons (Fsp3) is 0.0588. The molecule has 3 rings (SSSR count). The van der Waals surface area contributed by atoms with Crippen molar-refractivity contribution < 1.29 is 13.2 Å². The van der Waals surface area contributed by atoms with Crippen LogP contribution in [0.1, 0.15) is 5.56 Å². The number of halogens is 3. The second-order valence-corrected chi connectivity index (χ2v) is 8.61. The molecule has 0 bridgehead atoms. The second-order valence-electron chi connectivity index (χ2n) is 5.30. The van der Waals surface area contributed by atoms with Gasteiger partial charge in [-0.15, -0.1) is 0 Å². The van der Waals surface area contributed by atoms with Crippen LogP contribution in [0.4, 0.5) is 5.82 Å². The van der Waals surface area contributed by atoms with E-state index in [2.05, 4.69) is 30.6 Å². The Balaban J connectivity index is 1.86. The number of ether oxygens (including phenoxy) is 1. The molecule has 3 aromatic rings. The molecule has 140 valence electrons. The van der Waals surface area contributed by atoms with E-state index in [9.17, 15) is 8.42 Å². The molecule has 0 radical (unpaired) electrons. The highest BCUT2D eigenvalue weighted by Gasteiger charge is 2.20. The van der Waals surface area contributed by atoms with Crippen molar-refractivity contribution in [2.75, 3.05) is 4.72 Å². The molecular formula is C17H12BrCl2N3O3S. The topological polar surface area (TPSA) is 81.2 Å². The van der Waals surface area contributed by atoms with Crippen LogP contribution in [0.2, 0.25) is 10.0 Å². The molecule has 0 amide bonds. The third kappa shape index (κ3) is 5.10. The van der Waals surface area contributed by atoms with Crippen LogP contribution in [0.15, 0.2) is 64.2 Å². The number of hydrogen-bond acceptors (Lipinski definition) is 5. The number of hydrogen-bond donors (Lipinski definition) is 1. The van der Waals surface area contributed by atoms with Crippen molar-refractivity contribution in [3.63, 3.8) is 0 Å². The van der Waals surface area contributed by atoms with Gasteiger partial charge in [-0.1, -0.05) is 53.5 Å². The molecular weight excluding hydrogens is 477 g/mol. The minimum atomic E-state index is -3.96. The van der Waals surface area contributed by atoms with Crippen LogP contribution in [0.3, 0.4) is 0 Å². The summed E-state index contributed by atoms with van der Waals surface area (Å²) in [7, 11) is -3.96. The molecule has 1 aromatic heterocycles. The first-order valence-corrected chi connectivity index (χ1v) is 10.6. The van der Waals surface area contributed by atoms with E-state index in [0.717, 1.165) is 5.56 Å². The normalized spacial score (nSPS) is 11.2. The van der Waals surface area contributed by atoms with Gasteiger partial charge in [-0.3, -0.25) is 4.72 Å². The van der Waals surface area contributed by atoms with Crippen LogP contribution in [0, 0.1) is 0 Å². The molecule has 27 heavy (non-hydrogen) atoms. The Morgan fingerprint density at radius 2 is 1.81 bits per heavy atom. The molecule has 0 unspecified atom stereocenters. The first-order valence-electron chi connectivity index (χ1n) is 7.52. The summed E-state index contributed by atoms with van der Waals surface area (Å²) >= 11 is 14.9. The summed E-state index contributed by atoms with van der Waals surface area (Å²) in [6.07, 6.45) is 1.36. The van der Waals surface area contributed by atoms with Crippen molar-refractivity contribution in [1.82, 2.24) is 9.97 Å². The number of benzene rings is 2. The standard InChI is InChI=1S/C17H12BrCl2N3O3S/c18-15-9-21-16(17(22-15)26-10-11-4-2-1-3-5-11)23-27(24,25)12-6-7-13(19)14(20)8-12/h1-9H,10H2,(H,21,23). The summed E-state index contributed by atoms with van der Waals surface area (Å²) < 4.78 is 33.7. The predicted molar refractivity (Wildman–Crippen MR) is 108 cm³/mol. The Morgan fingerprint density at radius 3 is 2.52 bits per heavy atom. The van der Waals surface area contributed by atoms with Gasteiger partial charge in [-0.2, -0.15) is 0 Å². The quantitative estimate of drug-likeness (QED) is 0.532. The zero-order chi connectivity index (χ0) is 19.4. The molecule has 6 nitrogen and oxygen atoms in total. The fourth-order valence-electron chi connectivity index (χ4n) is 2.08. The lowest BCUT2D eigenvalue weighted by molar-refractivity contribution is 0.294. The lowest BCUT2D eigenvalue weighted by Crippen LogP contribution is -2.15. The lowest BCUT2D eigenvalue weighted by atomic mass is 10.2. The van der Waals surface area contributed by atoms with Crippen LogP contribution >= 0.6 is 39.1 Å². The fourth-order valence-corrected chi connectivity index (χ4v) is 3.74. The largest absolute Gasteiger partial charge is 0.470 e. The van der Waals surface area contributed by atoms with Crippen molar-refractivity contribution in [3.8, 4) is 5.88 Å². The van der Waals surface area contributed by atoms with Crippen LogP contribution in [0.5, 0.6) is 5.88 Å². The molecule has 1 heterocycles. The predicted octanol–water partition coefficient (Wildman–Crippen LogP) is 4.93. The number of nitrogens with zero attached hydrogens (tertiary/aromatic N) is 2. The highest BCUT2D eigenvalue weighted by molar-refractivity contribution is 9.10. The molecule has 10 heteroatoms. The van der Waals surface area contributed by atoms with Gasteiger partial charge in [0.2, 0.25) is 5.82 Å². The molecule has 2 aromatic carbocycles. The van der Waals surface area contributed by atoms with E-state index in [4.69, 9.17) is 27.9 Å². The van der Waals surface area contributed by atoms with Gasteiger partial charge in [0.1, 0.15) is 11.2 Å². The van der Waals surface area contributed by atoms with E-state index in [1.807, 2.05) is 30.3 Å². The van der Waals surface area contributed by atoms with Crippen LogP contribution in [-0.2, 0) is 16.6 Å². The highest BCUT2D eigenvalue weighted by Crippen LogP contribution is 2.28. The molecule has 0 atom stereocenters. The zero-order valence-corrected chi connectivity index (χ0v) is 17.5. The van der Waals surface area contributed by atoms with Gasteiger partial charge in [0, 0.05) is 0 Å². The van der Waals surface area contributed by atoms with Gasteiger partial charge in [0.25, 0.3) is 15.9 Å². The van der Waals surface area contributed by atoms with Crippen molar-refractivity contribution >= 4 is 55.0 Å². The van der Waals surface area contributed by atoms with Gasteiger partial charge in [-0.05, 0) is 39.7 Å². The SMILES string of the molecule is O=S(=O)(Nc1ncc(Br)nc1OCc1ccccc1)c1ccc(Cl)c(Cl)c1.